The van der Waals surface area contributed by atoms with Crippen LogP contribution in [0.4, 0.5) is 0 Å². The van der Waals surface area contributed by atoms with Gasteiger partial charge in [0.1, 0.15) is 11.5 Å². The van der Waals surface area contributed by atoms with Gasteiger partial charge >= 0.3 is 0 Å². The van der Waals surface area contributed by atoms with E-state index in [-0.39, 0.29) is 6.04 Å². The van der Waals surface area contributed by atoms with Crippen molar-refractivity contribution in [2.75, 3.05) is 0 Å². The summed E-state index contributed by atoms with van der Waals surface area (Å²) in [5.41, 5.74) is 0. The zero-order chi connectivity index (χ0) is 13.2. The van der Waals surface area contributed by atoms with Crippen LogP contribution in [0.2, 0.25) is 0 Å². The van der Waals surface area contributed by atoms with E-state index in [1.807, 2.05) is 19.1 Å². The smallest absolute Gasteiger partial charge is 0.230 e. The summed E-state index contributed by atoms with van der Waals surface area (Å²) in [6.07, 6.45) is 3.63. The van der Waals surface area contributed by atoms with E-state index in [2.05, 4.69) is 22.4 Å². The van der Waals surface area contributed by atoms with Crippen molar-refractivity contribution in [2.24, 2.45) is 0 Å². The lowest BCUT2D eigenvalue weighted by Crippen LogP contribution is -2.17. The van der Waals surface area contributed by atoms with Gasteiger partial charge in [-0.2, -0.15) is 0 Å². The monoisotopic (exact) mass is 261 g/mol. The highest BCUT2D eigenvalue weighted by Crippen LogP contribution is 2.35. The molecule has 0 saturated heterocycles. The van der Waals surface area contributed by atoms with E-state index in [1.54, 1.807) is 0 Å². The first-order chi connectivity index (χ1) is 9.22. The van der Waals surface area contributed by atoms with Crippen LogP contribution in [0, 0.1) is 6.92 Å². The van der Waals surface area contributed by atoms with Crippen molar-refractivity contribution >= 4 is 0 Å². The Morgan fingerprint density at radius 1 is 1.32 bits per heavy atom. The molecular formula is C14H19N3O2. The Morgan fingerprint density at radius 2 is 2.16 bits per heavy atom. The molecule has 3 rings (SSSR count). The number of nitrogens with one attached hydrogen (secondary N) is 1. The van der Waals surface area contributed by atoms with Crippen LogP contribution in [0.3, 0.4) is 0 Å². The third kappa shape index (κ3) is 2.71. The lowest BCUT2D eigenvalue weighted by Gasteiger charge is -2.20. The SMILES string of the molecule is Cc1ccc([C@H](C)NCc2nnc(C3CCC3)o2)o1. The summed E-state index contributed by atoms with van der Waals surface area (Å²) in [6.45, 7) is 4.57. The fraction of sp³-hybridized carbons (Fsp3) is 0.571. The maximum absolute atomic E-state index is 5.66. The van der Waals surface area contributed by atoms with Crippen molar-refractivity contribution in [3.8, 4) is 0 Å². The van der Waals surface area contributed by atoms with Gasteiger partial charge in [0.15, 0.2) is 0 Å². The fourth-order valence-corrected chi connectivity index (χ4v) is 2.19. The van der Waals surface area contributed by atoms with Gasteiger partial charge in [0.25, 0.3) is 0 Å². The Hall–Kier alpha value is -1.62. The van der Waals surface area contributed by atoms with Crippen molar-refractivity contribution in [2.45, 2.75) is 51.6 Å². The van der Waals surface area contributed by atoms with E-state index < -0.39 is 0 Å². The van der Waals surface area contributed by atoms with Crippen molar-refractivity contribution in [3.05, 3.63) is 35.4 Å². The minimum atomic E-state index is 0.132. The second-order valence-corrected chi connectivity index (χ2v) is 5.21. The van der Waals surface area contributed by atoms with Crippen molar-refractivity contribution in [1.82, 2.24) is 15.5 Å². The van der Waals surface area contributed by atoms with Gasteiger partial charge in [0.05, 0.1) is 12.6 Å². The van der Waals surface area contributed by atoms with E-state index in [9.17, 15) is 0 Å². The molecule has 0 aliphatic heterocycles. The molecule has 102 valence electrons. The third-order valence-corrected chi connectivity index (χ3v) is 3.68. The van der Waals surface area contributed by atoms with Crippen LogP contribution < -0.4 is 5.32 Å². The Kier molecular flexibility index (Phi) is 3.38. The second kappa shape index (κ2) is 5.17. The van der Waals surface area contributed by atoms with Crippen molar-refractivity contribution < 1.29 is 8.83 Å². The molecule has 1 saturated carbocycles. The van der Waals surface area contributed by atoms with Gasteiger partial charge in [0.2, 0.25) is 11.8 Å². The summed E-state index contributed by atoms with van der Waals surface area (Å²) in [6, 6.07) is 4.09. The van der Waals surface area contributed by atoms with Crippen LogP contribution in [0.1, 0.15) is 61.4 Å². The van der Waals surface area contributed by atoms with Crippen LogP contribution in [0.15, 0.2) is 21.0 Å². The van der Waals surface area contributed by atoms with Crippen molar-refractivity contribution in [3.63, 3.8) is 0 Å². The molecule has 2 aromatic heterocycles. The van der Waals surface area contributed by atoms with E-state index in [1.165, 1.54) is 19.3 Å². The number of furan rings is 1. The third-order valence-electron chi connectivity index (χ3n) is 3.68. The summed E-state index contributed by atoms with van der Waals surface area (Å²) in [5.74, 6) is 3.79. The standard InChI is InChI=1S/C14H19N3O2/c1-9-6-7-12(18-9)10(2)15-8-13-16-17-14(19-13)11-4-3-5-11/h6-7,10-11,15H,3-5,8H2,1-2H3/t10-/m0/s1. The summed E-state index contributed by atoms with van der Waals surface area (Å²) in [4.78, 5) is 0. The van der Waals surface area contributed by atoms with E-state index in [0.29, 0.717) is 18.4 Å². The molecule has 0 spiro atoms. The number of aryl methyl sites for hydroxylation is 1. The minimum absolute atomic E-state index is 0.132. The van der Waals surface area contributed by atoms with E-state index >= 15 is 0 Å². The van der Waals surface area contributed by atoms with Crippen LogP contribution in [0.25, 0.3) is 0 Å². The zero-order valence-electron chi connectivity index (χ0n) is 11.3. The Balaban J connectivity index is 1.55. The molecule has 0 unspecified atom stereocenters. The first-order valence-electron chi connectivity index (χ1n) is 6.84. The average Bonchev–Trinajstić information content (AvgIpc) is 2.93. The molecule has 0 bridgehead atoms. The first-order valence-corrected chi connectivity index (χ1v) is 6.84. The topological polar surface area (TPSA) is 64.1 Å². The minimum Gasteiger partial charge on any atom is -0.465 e. The van der Waals surface area contributed by atoms with Gasteiger partial charge in [-0.1, -0.05) is 6.42 Å². The molecule has 0 aromatic carbocycles. The fourth-order valence-electron chi connectivity index (χ4n) is 2.19. The largest absolute Gasteiger partial charge is 0.465 e. The van der Waals surface area contributed by atoms with E-state index in [0.717, 1.165) is 17.4 Å². The summed E-state index contributed by atoms with van der Waals surface area (Å²) < 4.78 is 11.2. The predicted octanol–water partition coefficient (Wildman–Crippen LogP) is 3.09. The average molecular weight is 261 g/mol. The Labute approximate surface area is 112 Å². The maximum Gasteiger partial charge on any atom is 0.230 e. The van der Waals surface area contributed by atoms with Crippen LogP contribution in [0.5, 0.6) is 0 Å². The van der Waals surface area contributed by atoms with Gasteiger partial charge in [-0.15, -0.1) is 10.2 Å². The molecule has 1 aliphatic rings. The molecule has 0 amide bonds. The van der Waals surface area contributed by atoms with Gasteiger partial charge in [0, 0.05) is 5.92 Å². The van der Waals surface area contributed by atoms with Crippen LogP contribution >= 0.6 is 0 Å². The molecule has 1 fully saturated rings. The highest BCUT2D eigenvalue weighted by molar-refractivity contribution is 5.09. The highest BCUT2D eigenvalue weighted by atomic mass is 16.4. The summed E-state index contributed by atoms with van der Waals surface area (Å²) in [7, 11) is 0. The van der Waals surface area contributed by atoms with Crippen molar-refractivity contribution in [1.29, 1.82) is 0 Å². The molecule has 2 heterocycles. The first kappa shape index (κ1) is 12.4. The van der Waals surface area contributed by atoms with Gasteiger partial charge in [-0.25, -0.2) is 0 Å². The quantitative estimate of drug-likeness (QED) is 0.896. The molecule has 1 atom stereocenters. The zero-order valence-corrected chi connectivity index (χ0v) is 11.3. The molecule has 1 N–H and O–H groups in total. The number of aromatic nitrogens is 2. The van der Waals surface area contributed by atoms with Gasteiger partial charge in [-0.3, -0.25) is 5.32 Å². The normalized spacial score (nSPS) is 17.4. The highest BCUT2D eigenvalue weighted by Gasteiger charge is 2.25. The molecule has 0 radical (unpaired) electrons. The lowest BCUT2D eigenvalue weighted by atomic mass is 9.85. The molecule has 1 aliphatic carbocycles. The van der Waals surface area contributed by atoms with Crippen LogP contribution in [-0.4, -0.2) is 10.2 Å². The summed E-state index contributed by atoms with van der Waals surface area (Å²) in [5, 5.41) is 11.5. The van der Waals surface area contributed by atoms with Crippen LogP contribution in [-0.2, 0) is 6.54 Å². The molecule has 5 heteroatoms. The number of rotatable bonds is 5. The molecule has 5 nitrogen and oxygen atoms in total. The second-order valence-electron chi connectivity index (χ2n) is 5.21. The van der Waals surface area contributed by atoms with E-state index in [4.69, 9.17) is 8.83 Å². The molecule has 2 aromatic rings. The summed E-state index contributed by atoms with van der Waals surface area (Å²) >= 11 is 0. The predicted molar refractivity (Wildman–Crippen MR) is 69.6 cm³/mol. The lowest BCUT2D eigenvalue weighted by molar-refractivity contribution is 0.317. The number of hydrogen-bond acceptors (Lipinski definition) is 5. The number of hydrogen-bond donors (Lipinski definition) is 1. The Morgan fingerprint density at radius 3 is 2.79 bits per heavy atom. The molecule has 19 heavy (non-hydrogen) atoms. The van der Waals surface area contributed by atoms with Gasteiger partial charge < -0.3 is 8.83 Å². The van der Waals surface area contributed by atoms with Gasteiger partial charge in [-0.05, 0) is 38.8 Å². The maximum atomic E-state index is 5.66. The number of nitrogens with zero attached hydrogens (tertiary/aromatic N) is 2. The molecular weight excluding hydrogens is 242 g/mol. The Bertz CT molecular complexity index is 542.